The molecule has 24 heavy (non-hydrogen) atoms. The van der Waals surface area contributed by atoms with Crippen molar-refractivity contribution in [2.24, 2.45) is 0 Å². The Bertz CT molecular complexity index is 815. The summed E-state index contributed by atoms with van der Waals surface area (Å²) in [5.41, 5.74) is 2.11. The van der Waals surface area contributed by atoms with Gasteiger partial charge in [-0.05, 0) is 36.2 Å². The molecule has 0 saturated heterocycles. The number of aromatic nitrogens is 2. The molecule has 3 aromatic rings. The molecule has 0 atom stereocenters. The summed E-state index contributed by atoms with van der Waals surface area (Å²) in [7, 11) is 1.59. The van der Waals surface area contributed by atoms with Gasteiger partial charge >= 0.3 is 0 Å². The van der Waals surface area contributed by atoms with Gasteiger partial charge in [0, 0.05) is 25.0 Å². The quantitative estimate of drug-likeness (QED) is 0.755. The Kier molecular flexibility index (Phi) is 4.86. The molecule has 1 N–H and O–H groups in total. The molecule has 122 valence electrons. The molecular weight excluding hydrogens is 306 g/mol. The third kappa shape index (κ3) is 3.60. The van der Waals surface area contributed by atoms with Gasteiger partial charge in [0.1, 0.15) is 5.75 Å². The second-order valence-electron chi connectivity index (χ2n) is 5.14. The van der Waals surface area contributed by atoms with Gasteiger partial charge in [-0.3, -0.25) is 9.78 Å². The highest BCUT2D eigenvalue weighted by Gasteiger charge is 2.15. The Hall–Kier alpha value is -3.15. The third-order valence-electron chi connectivity index (χ3n) is 3.56. The number of para-hydroxylation sites is 1. The van der Waals surface area contributed by atoms with Crippen LogP contribution in [0, 0.1) is 0 Å². The van der Waals surface area contributed by atoms with Crippen molar-refractivity contribution >= 4 is 5.91 Å². The Morgan fingerprint density at radius 1 is 1.21 bits per heavy atom. The van der Waals surface area contributed by atoms with E-state index in [1.165, 1.54) is 0 Å². The van der Waals surface area contributed by atoms with Crippen molar-refractivity contribution in [1.29, 1.82) is 0 Å². The van der Waals surface area contributed by atoms with E-state index in [-0.39, 0.29) is 11.6 Å². The van der Waals surface area contributed by atoms with E-state index in [1.807, 2.05) is 36.4 Å². The smallest absolute Gasteiger partial charge is 0.273 e. The Labute approximate surface area is 139 Å². The predicted octanol–water partition coefficient (Wildman–Crippen LogP) is 2.72. The normalized spacial score (nSPS) is 10.4. The van der Waals surface area contributed by atoms with Gasteiger partial charge < -0.3 is 14.6 Å². The SMILES string of the molecule is COc1ccccc1-c1cc(C(=O)NCCc2ccncc2)no1. The van der Waals surface area contributed by atoms with Crippen molar-refractivity contribution in [3.05, 3.63) is 66.1 Å². The lowest BCUT2D eigenvalue weighted by atomic mass is 10.1. The monoisotopic (exact) mass is 323 g/mol. The molecule has 0 aliphatic carbocycles. The zero-order valence-corrected chi connectivity index (χ0v) is 13.2. The summed E-state index contributed by atoms with van der Waals surface area (Å²) in [6.07, 6.45) is 4.19. The molecule has 0 aliphatic rings. The number of nitrogens with one attached hydrogen (secondary N) is 1. The first-order chi connectivity index (χ1) is 11.8. The molecule has 0 spiro atoms. The second kappa shape index (κ2) is 7.41. The van der Waals surface area contributed by atoms with E-state index in [0.717, 1.165) is 17.5 Å². The molecule has 1 amide bonds. The molecule has 0 aliphatic heterocycles. The highest BCUT2D eigenvalue weighted by Crippen LogP contribution is 2.29. The first-order valence-electron chi connectivity index (χ1n) is 7.55. The van der Waals surface area contributed by atoms with Crippen molar-refractivity contribution in [1.82, 2.24) is 15.5 Å². The predicted molar refractivity (Wildman–Crippen MR) is 88.8 cm³/mol. The number of rotatable bonds is 6. The van der Waals surface area contributed by atoms with Gasteiger partial charge in [-0.15, -0.1) is 0 Å². The number of carbonyl (C=O) groups is 1. The number of carbonyl (C=O) groups excluding carboxylic acids is 1. The summed E-state index contributed by atoms with van der Waals surface area (Å²) >= 11 is 0. The van der Waals surface area contributed by atoms with Crippen LogP contribution in [0.15, 0.2) is 59.4 Å². The van der Waals surface area contributed by atoms with E-state index >= 15 is 0 Å². The van der Waals surface area contributed by atoms with Crippen molar-refractivity contribution in [3.8, 4) is 17.1 Å². The third-order valence-corrected chi connectivity index (χ3v) is 3.56. The standard InChI is InChI=1S/C18H17N3O3/c1-23-16-5-3-2-4-14(16)17-12-15(21-24-17)18(22)20-11-8-13-6-9-19-10-7-13/h2-7,9-10,12H,8,11H2,1H3,(H,20,22). The average molecular weight is 323 g/mol. The van der Waals surface area contributed by atoms with E-state index in [9.17, 15) is 4.79 Å². The highest BCUT2D eigenvalue weighted by atomic mass is 16.5. The van der Waals surface area contributed by atoms with E-state index in [2.05, 4.69) is 15.5 Å². The van der Waals surface area contributed by atoms with Crippen LogP contribution in [0.1, 0.15) is 16.1 Å². The molecule has 0 bridgehead atoms. The van der Waals surface area contributed by atoms with Gasteiger partial charge in [0.2, 0.25) is 0 Å². The number of benzene rings is 1. The van der Waals surface area contributed by atoms with E-state index in [1.54, 1.807) is 25.6 Å². The molecule has 0 fully saturated rings. The molecule has 6 heteroatoms. The van der Waals surface area contributed by atoms with Gasteiger partial charge in [0.25, 0.3) is 5.91 Å². The highest BCUT2D eigenvalue weighted by molar-refractivity contribution is 5.93. The molecule has 2 aromatic heterocycles. The van der Waals surface area contributed by atoms with Gasteiger partial charge in [-0.1, -0.05) is 17.3 Å². The van der Waals surface area contributed by atoms with Crippen LogP contribution in [0.25, 0.3) is 11.3 Å². The van der Waals surface area contributed by atoms with Crippen LogP contribution in [0.5, 0.6) is 5.75 Å². The lowest BCUT2D eigenvalue weighted by Crippen LogP contribution is -2.25. The van der Waals surface area contributed by atoms with Crippen LogP contribution in [0.3, 0.4) is 0 Å². The molecular formula is C18H17N3O3. The zero-order chi connectivity index (χ0) is 16.8. The van der Waals surface area contributed by atoms with Crippen molar-refractivity contribution in [2.75, 3.05) is 13.7 Å². The van der Waals surface area contributed by atoms with Crippen LogP contribution >= 0.6 is 0 Å². The van der Waals surface area contributed by atoms with Gasteiger partial charge in [0.05, 0.1) is 12.7 Å². The molecule has 6 nitrogen and oxygen atoms in total. The minimum Gasteiger partial charge on any atom is -0.496 e. The topological polar surface area (TPSA) is 77.2 Å². The van der Waals surface area contributed by atoms with Gasteiger partial charge in [-0.25, -0.2) is 0 Å². The largest absolute Gasteiger partial charge is 0.496 e. The van der Waals surface area contributed by atoms with Crippen molar-refractivity contribution in [3.63, 3.8) is 0 Å². The number of hydrogen-bond acceptors (Lipinski definition) is 5. The summed E-state index contributed by atoms with van der Waals surface area (Å²) in [6.45, 7) is 0.514. The lowest BCUT2D eigenvalue weighted by molar-refractivity contribution is 0.0945. The summed E-state index contributed by atoms with van der Waals surface area (Å²) in [5, 5.41) is 6.67. The number of hydrogen-bond donors (Lipinski definition) is 1. The van der Waals surface area contributed by atoms with Gasteiger partial charge in [0.15, 0.2) is 11.5 Å². The van der Waals surface area contributed by atoms with E-state index < -0.39 is 0 Å². The fourth-order valence-electron chi connectivity index (χ4n) is 2.32. The van der Waals surface area contributed by atoms with E-state index in [4.69, 9.17) is 9.26 Å². The molecule has 0 saturated carbocycles. The average Bonchev–Trinajstić information content (AvgIpc) is 3.12. The summed E-state index contributed by atoms with van der Waals surface area (Å²) in [6, 6.07) is 12.9. The summed E-state index contributed by atoms with van der Waals surface area (Å²) < 4.78 is 10.6. The van der Waals surface area contributed by atoms with Crippen LogP contribution in [0.2, 0.25) is 0 Å². The molecule has 0 radical (unpaired) electrons. The maximum absolute atomic E-state index is 12.2. The fraction of sp³-hybridized carbons (Fsp3) is 0.167. The number of ether oxygens (including phenoxy) is 1. The Morgan fingerprint density at radius 3 is 2.79 bits per heavy atom. The van der Waals surface area contributed by atoms with Crippen LogP contribution in [-0.2, 0) is 6.42 Å². The Morgan fingerprint density at radius 2 is 2.00 bits per heavy atom. The number of amides is 1. The number of pyridine rings is 1. The van der Waals surface area contributed by atoms with Crippen LogP contribution < -0.4 is 10.1 Å². The minimum atomic E-state index is -0.269. The molecule has 2 heterocycles. The maximum atomic E-state index is 12.2. The zero-order valence-electron chi connectivity index (χ0n) is 13.2. The molecule has 1 aromatic carbocycles. The molecule has 3 rings (SSSR count). The number of methoxy groups -OCH3 is 1. The van der Waals surface area contributed by atoms with Gasteiger partial charge in [-0.2, -0.15) is 0 Å². The van der Waals surface area contributed by atoms with Crippen molar-refractivity contribution in [2.45, 2.75) is 6.42 Å². The first-order valence-corrected chi connectivity index (χ1v) is 7.55. The minimum absolute atomic E-state index is 0.241. The van der Waals surface area contributed by atoms with Crippen LogP contribution in [0.4, 0.5) is 0 Å². The molecule has 0 unspecified atom stereocenters. The summed E-state index contributed by atoms with van der Waals surface area (Å²) in [5.74, 6) is 0.888. The number of nitrogens with zero attached hydrogens (tertiary/aromatic N) is 2. The van der Waals surface area contributed by atoms with E-state index in [0.29, 0.717) is 18.1 Å². The summed E-state index contributed by atoms with van der Waals surface area (Å²) in [4.78, 5) is 16.1. The fourth-order valence-corrected chi connectivity index (χ4v) is 2.32. The maximum Gasteiger partial charge on any atom is 0.273 e. The second-order valence-corrected chi connectivity index (χ2v) is 5.14. The van der Waals surface area contributed by atoms with Crippen LogP contribution in [-0.4, -0.2) is 29.7 Å². The van der Waals surface area contributed by atoms with Crippen molar-refractivity contribution < 1.29 is 14.1 Å². The first kappa shape index (κ1) is 15.7. The lowest BCUT2D eigenvalue weighted by Gasteiger charge is -2.03. The Balaban J connectivity index is 1.63.